The van der Waals surface area contributed by atoms with E-state index in [2.05, 4.69) is 15.3 Å². The highest BCUT2D eigenvalue weighted by atomic mass is 32.1. The summed E-state index contributed by atoms with van der Waals surface area (Å²) in [6.45, 7) is 4.72. The molecule has 0 amide bonds. The van der Waals surface area contributed by atoms with Crippen molar-refractivity contribution < 1.29 is 9.90 Å². The molecule has 0 aromatic carbocycles. The van der Waals surface area contributed by atoms with Gasteiger partial charge in [-0.1, -0.05) is 13.3 Å². The average molecular weight is 305 g/mol. The minimum Gasteiger partial charge on any atom is -0.478 e. The zero-order valence-electron chi connectivity index (χ0n) is 12.2. The monoisotopic (exact) mass is 305 g/mol. The Morgan fingerprint density at radius 1 is 1.29 bits per heavy atom. The second-order valence-corrected chi connectivity index (χ2v) is 5.88. The molecule has 0 aliphatic carbocycles. The molecule has 0 saturated carbocycles. The summed E-state index contributed by atoms with van der Waals surface area (Å²) >= 11 is 1.63. The lowest BCUT2D eigenvalue weighted by atomic mass is 10.1. The number of pyridine rings is 1. The maximum Gasteiger partial charge on any atom is 0.335 e. The van der Waals surface area contributed by atoms with Gasteiger partial charge in [-0.25, -0.2) is 14.8 Å². The number of aromatic carboxylic acids is 1. The van der Waals surface area contributed by atoms with Gasteiger partial charge in [-0.3, -0.25) is 0 Å². The van der Waals surface area contributed by atoms with Crippen LogP contribution in [0.5, 0.6) is 0 Å². The fraction of sp³-hybridized carbons (Fsp3) is 0.400. The van der Waals surface area contributed by atoms with E-state index in [1.165, 1.54) is 0 Å². The second kappa shape index (κ2) is 7.17. The van der Waals surface area contributed by atoms with Crippen molar-refractivity contribution in [2.45, 2.75) is 33.1 Å². The van der Waals surface area contributed by atoms with Crippen LogP contribution in [0.4, 0.5) is 5.82 Å². The molecule has 6 heteroatoms. The summed E-state index contributed by atoms with van der Waals surface area (Å²) < 4.78 is 0. The lowest BCUT2D eigenvalue weighted by Gasteiger charge is -2.08. The third-order valence-corrected chi connectivity index (χ3v) is 3.81. The zero-order chi connectivity index (χ0) is 15.2. The Balaban J connectivity index is 2.02. The number of thiazole rings is 1. The van der Waals surface area contributed by atoms with Gasteiger partial charge in [0.05, 0.1) is 16.3 Å². The summed E-state index contributed by atoms with van der Waals surface area (Å²) in [6.07, 6.45) is 2.52. The third kappa shape index (κ3) is 4.53. The van der Waals surface area contributed by atoms with E-state index in [-0.39, 0.29) is 5.56 Å². The van der Waals surface area contributed by atoms with Gasteiger partial charge in [0.15, 0.2) is 0 Å². The predicted molar refractivity (Wildman–Crippen MR) is 84.2 cm³/mol. The van der Waals surface area contributed by atoms with E-state index >= 15 is 0 Å². The van der Waals surface area contributed by atoms with Crippen LogP contribution in [-0.2, 0) is 12.8 Å². The van der Waals surface area contributed by atoms with Crippen molar-refractivity contribution in [3.05, 3.63) is 39.5 Å². The standard InChI is InChI=1S/C15H19N3O2S/c1-3-4-12-7-11(15(19)20)8-14(18-12)16-6-5-13-9-21-10(2)17-13/h7-9H,3-6H2,1-2H3,(H,16,18)(H,19,20). The molecule has 2 rings (SSSR count). The third-order valence-electron chi connectivity index (χ3n) is 2.99. The van der Waals surface area contributed by atoms with Crippen molar-refractivity contribution >= 4 is 23.1 Å². The highest BCUT2D eigenvalue weighted by molar-refractivity contribution is 7.09. The SMILES string of the molecule is CCCc1cc(C(=O)O)cc(NCCc2csc(C)n2)n1. The van der Waals surface area contributed by atoms with Crippen molar-refractivity contribution in [1.29, 1.82) is 0 Å². The molecule has 2 heterocycles. The first-order chi connectivity index (χ1) is 10.1. The van der Waals surface area contributed by atoms with Crippen LogP contribution in [0.25, 0.3) is 0 Å². The average Bonchev–Trinajstić information content (AvgIpc) is 2.84. The molecule has 0 unspecified atom stereocenters. The van der Waals surface area contributed by atoms with E-state index in [1.807, 2.05) is 19.2 Å². The van der Waals surface area contributed by atoms with E-state index in [9.17, 15) is 4.79 Å². The largest absolute Gasteiger partial charge is 0.478 e. The fourth-order valence-corrected chi connectivity index (χ4v) is 2.67. The lowest BCUT2D eigenvalue weighted by molar-refractivity contribution is 0.0696. The molecule has 0 aliphatic rings. The van der Waals surface area contributed by atoms with Crippen molar-refractivity contribution in [1.82, 2.24) is 9.97 Å². The first kappa shape index (κ1) is 15.4. The van der Waals surface area contributed by atoms with Gasteiger partial charge in [0.1, 0.15) is 5.82 Å². The van der Waals surface area contributed by atoms with E-state index in [4.69, 9.17) is 5.11 Å². The number of nitrogens with one attached hydrogen (secondary N) is 1. The number of hydrogen-bond acceptors (Lipinski definition) is 5. The van der Waals surface area contributed by atoms with Crippen LogP contribution in [0.3, 0.4) is 0 Å². The Morgan fingerprint density at radius 2 is 2.10 bits per heavy atom. The van der Waals surface area contributed by atoms with Gasteiger partial charge < -0.3 is 10.4 Å². The van der Waals surface area contributed by atoms with Crippen LogP contribution >= 0.6 is 11.3 Å². The van der Waals surface area contributed by atoms with Gasteiger partial charge in [-0.15, -0.1) is 11.3 Å². The number of aromatic nitrogens is 2. The molecule has 2 aromatic rings. The first-order valence-corrected chi connectivity index (χ1v) is 7.85. The van der Waals surface area contributed by atoms with Crippen molar-refractivity contribution in [3.63, 3.8) is 0 Å². The molecule has 2 N–H and O–H groups in total. The van der Waals surface area contributed by atoms with Gasteiger partial charge in [0, 0.05) is 24.0 Å². The molecule has 0 saturated heterocycles. The van der Waals surface area contributed by atoms with E-state index in [0.717, 1.165) is 35.7 Å². The Bertz CT molecular complexity index is 625. The molecule has 0 bridgehead atoms. The van der Waals surface area contributed by atoms with Crippen molar-refractivity contribution in [2.24, 2.45) is 0 Å². The Kier molecular flexibility index (Phi) is 5.27. The highest BCUT2D eigenvalue weighted by Gasteiger charge is 2.08. The molecule has 0 spiro atoms. The summed E-state index contributed by atoms with van der Waals surface area (Å²) in [5.74, 6) is -0.307. The maximum atomic E-state index is 11.1. The van der Waals surface area contributed by atoms with Gasteiger partial charge in [-0.2, -0.15) is 0 Å². The topological polar surface area (TPSA) is 75.1 Å². The zero-order valence-corrected chi connectivity index (χ0v) is 13.0. The van der Waals surface area contributed by atoms with Gasteiger partial charge in [0.2, 0.25) is 0 Å². The number of carboxylic acid groups (broad SMARTS) is 1. The normalized spacial score (nSPS) is 10.6. The predicted octanol–water partition coefficient (Wildman–Crippen LogP) is 3.15. The fourth-order valence-electron chi connectivity index (χ4n) is 2.03. The van der Waals surface area contributed by atoms with E-state index in [1.54, 1.807) is 23.5 Å². The minimum atomic E-state index is -0.923. The lowest BCUT2D eigenvalue weighted by Crippen LogP contribution is -2.09. The van der Waals surface area contributed by atoms with Crippen LogP contribution in [0, 0.1) is 6.92 Å². The number of aryl methyl sites for hydroxylation is 2. The molecule has 5 nitrogen and oxygen atoms in total. The molecule has 0 fully saturated rings. The Morgan fingerprint density at radius 3 is 2.71 bits per heavy atom. The van der Waals surface area contributed by atoms with Crippen LogP contribution in [0.1, 0.15) is 40.1 Å². The van der Waals surface area contributed by atoms with E-state index < -0.39 is 5.97 Å². The molecule has 21 heavy (non-hydrogen) atoms. The number of anilines is 1. The molecule has 0 atom stereocenters. The van der Waals surface area contributed by atoms with E-state index in [0.29, 0.717) is 12.4 Å². The van der Waals surface area contributed by atoms with Crippen LogP contribution < -0.4 is 5.32 Å². The summed E-state index contributed by atoms with van der Waals surface area (Å²) in [6, 6.07) is 3.22. The summed E-state index contributed by atoms with van der Waals surface area (Å²) in [5, 5.41) is 15.4. The van der Waals surface area contributed by atoms with Gasteiger partial charge >= 0.3 is 5.97 Å². The van der Waals surface area contributed by atoms with Crippen molar-refractivity contribution in [2.75, 3.05) is 11.9 Å². The second-order valence-electron chi connectivity index (χ2n) is 4.82. The molecule has 112 valence electrons. The first-order valence-electron chi connectivity index (χ1n) is 6.97. The maximum absolute atomic E-state index is 11.1. The molecular weight excluding hydrogens is 286 g/mol. The molecule has 2 aromatic heterocycles. The Hall–Kier alpha value is -1.95. The number of rotatable bonds is 7. The number of carbonyl (C=O) groups is 1. The van der Waals surface area contributed by atoms with Gasteiger partial charge in [-0.05, 0) is 25.5 Å². The van der Waals surface area contributed by atoms with Gasteiger partial charge in [0.25, 0.3) is 0 Å². The molecular formula is C15H19N3O2S. The summed E-state index contributed by atoms with van der Waals surface area (Å²) in [5.41, 5.74) is 2.14. The number of carboxylic acids is 1. The van der Waals surface area contributed by atoms with Crippen LogP contribution in [0.15, 0.2) is 17.5 Å². The van der Waals surface area contributed by atoms with Crippen molar-refractivity contribution in [3.8, 4) is 0 Å². The highest BCUT2D eigenvalue weighted by Crippen LogP contribution is 2.13. The molecule has 0 aliphatic heterocycles. The Labute approximate surface area is 128 Å². The van der Waals surface area contributed by atoms with Crippen LogP contribution in [0.2, 0.25) is 0 Å². The quantitative estimate of drug-likeness (QED) is 0.822. The van der Waals surface area contributed by atoms with Crippen LogP contribution in [-0.4, -0.2) is 27.6 Å². The number of nitrogens with zero attached hydrogens (tertiary/aromatic N) is 2. The smallest absolute Gasteiger partial charge is 0.335 e. The molecule has 0 radical (unpaired) electrons. The summed E-state index contributed by atoms with van der Waals surface area (Å²) in [4.78, 5) is 20.0. The number of hydrogen-bond donors (Lipinski definition) is 2. The minimum absolute atomic E-state index is 0.278. The summed E-state index contributed by atoms with van der Waals surface area (Å²) in [7, 11) is 0.